The van der Waals surface area contributed by atoms with E-state index in [9.17, 15) is 9.59 Å². The number of ether oxygens (including phenoxy) is 1. The number of fused-ring (bicyclic) bond motifs is 1. The molecule has 0 spiro atoms. The first kappa shape index (κ1) is 19.4. The lowest BCUT2D eigenvalue weighted by Crippen LogP contribution is -2.21. The lowest BCUT2D eigenvalue weighted by molar-refractivity contribution is -0.116. The number of benzene rings is 1. The van der Waals surface area contributed by atoms with Gasteiger partial charge in [-0.3, -0.25) is 4.79 Å². The number of thioether (sulfide) groups is 1. The fraction of sp³-hybridized carbons (Fsp3) is 0.316. The summed E-state index contributed by atoms with van der Waals surface area (Å²) in [5.41, 5.74) is 3.04. The van der Waals surface area contributed by atoms with Gasteiger partial charge >= 0.3 is 5.97 Å². The van der Waals surface area contributed by atoms with Gasteiger partial charge in [-0.05, 0) is 37.8 Å². The first-order valence-corrected chi connectivity index (χ1v) is 10.6. The van der Waals surface area contributed by atoms with Crippen LogP contribution in [0.4, 0.5) is 5.00 Å². The first-order valence-electron chi connectivity index (χ1n) is 8.37. The second-order valence-corrected chi connectivity index (χ2v) is 8.15. The molecule has 0 aliphatic carbocycles. The number of hydrogen-bond acceptors (Lipinski definition) is 6. The number of esters is 1. The number of para-hydroxylation sites is 2. The second kappa shape index (κ2) is 8.14. The summed E-state index contributed by atoms with van der Waals surface area (Å²) in [6.45, 7) is 3.91. The highest BCUT2D eigenvalue weighted by Crippen LogP contribution is 2.33. The lowest BCUT2D eigenvalue weighted by atomic mass is 10.1. The minimum Gasteiger partial charge on any atom is -0.465 e. The van der Waals surface area contributed by atoms with Crippen LogP contribution in [-0.2, 0) is 21.8 Å². The van der Waals surface area contributed by atoms with Crippen molar-refractivity contribution in [1.82, 2.24) is 9.55 Å². The number of nitrogens with one attached hydrogen (secondary N) is 1. The second-order valence-electron chi connectivity index (χ2n) is 6.06. The van der Waals surface area contributed by atoms with Crippen molar-refractivity contribution in [3.8, 4) is 0 Å². The van der Waals surface area contributed by atoms with E-state index in [2.05, 4.69) is 10.3 Å². The van der Waals surface area contributed by atoms with Crippen molar-refractivity contribution in [3.63, 3.8) is 0 Å². The number of aromatic nitrogens is 2. The van der Waals surface area contributed by atoms with Gasteiger partial charge in [0.15, 0.2) is 0 Å². The summed E-state index contributed by atoms with van der Waals surface area (Å²) in [5, 5.41) is 3.41. The van der Waals surface area contributed by atoms with Gasteiger partial charge in [0.25, 0.3) is 0 Å². The molecule has 0 unspecified atom stereocenters. The SMILES string of the molecule is COC(=O)c1c(NC(=O)Cn2c(CSC)nc3ccccc32)sc(C)c1C. The summed E-state index contributed by atoms with van der Waals surface area (Å²) >= 11 is 3.04. The molecule has 0 atom stereocenters. The van der Waals surface area contributed by atoms with Gasteiger partial charge in [0.2, 0.25) is 5.91 Å². The van der Waals surface area contributed by atoms with Gasteiger partial charge in [0.1, 0.15) is 17.4 Å². The molecule has 0 radical (unpaired) electrons. The topological polar surface area (TPSA) is 73.2 Å². The fourth-order valence-electron chi connectivity index (χ4n) is 2.91. The van der Waals surface area contributed by atoms with Gasteiger partial charge in [0, 0.05) is 4.88 Å². The molecule has 0 fully saturated rings. The van der Waals surface area contributed by atoms with Crippen LogP contribution >= 0.6 is 23.1 Å². The van der Waals surface area contributed by atoms with Crippen LogP contribution in [0.3, 0.4) is 0 Å². The zero-order chi connectivity index (χ0) is 19.6. The highest BCUT2D eigenvalue weighted by Gasteiger charge is 2.22. The molecular weight excluding hydrogens is 382 g/mol. The predicted octanol–water partition coefficient (Wildman–Crippen LogP) is 4.00. The van der Waals surface area contributed by atoms with Crippen LogP contribution in [0.2, 0.25) is 0 Å². The number of hydrogen-bond donors (Lipinski definition) is 1. The minimum absolute atomic E-state index is 0.132. The third kappa shape index (κ3) is 3.86. The average Bonchev–Trinajstić information content (AvgIpc) is 3.12. The molecular formula is C19H21N3O3S2. The molecule has 0 aliphatic rings. The van der Waals surface area contributed by atoms with Crippen molar-refractivity contribution in [2.45, 2.75) is 26.1 Å². The Kier molecular flexibility index (Phi) is 5.86. The van der Waals surface area contributed by atoms with Crippen molar-refractivity contribution in [2.24, 2.45) is 0 Å². The van der Waals surface area contributed by atoms with E-state index < -0.39 is 5.97 Å². The van der Waals surface area contributed by atoms with Crippen LogP contribution < -0.4 is 5.32 Å². The van der Waals surface area contributed by atoms with Crippen molar-refractivity contribution in [1.29, 1.82) is 0 Å². The van der Waals surface area contributed by atoms with Crippen LogP contribution in [-0.4, -0.2) is 34.8 Å². The highest BCUT2D eigenvalue weighted by molar-refractivity contribution is 7.97. The Morgan fingerprint density at radius 3 is 2.74 bits per heavy atom. The van der Waals surface area contributed by atoms with E-state index in [-0.39, 0.29) is 12.5 Å². The number of carbonyl (C=O) groups is 2. The third-order valence-corrected chi connectivity index (χ3v) is 6.01. The first-order chi connectivity index (χ1) is 13.0. The monoisotopic (exact) mass is 403 g/mol. The highest BCUT2D eigenvalue weighted by atomic mass is 32.2. The van der Waals surface area contributed by atoms with Crippen LogP contribution in [0.25, 0.3) is 11.0 Å². The molecule has 0 saturated carbocycles. The number of imidazole rings is 1. The number of carbonyl (C=O) groups excluding carboxylic acids is 2. The molecule has 6 nitrogen and oxygen atoms in total. The Balaban J connectivity index is 1.89. The molecule has 0 bridgehead atoms. The van der Waals surface area contributed by atoms with E-state index >= 15 is 0 Å². The molecule has 2 aromatic heterocycles. The number of methoxy groups -OCH3 is 1. The Morgan fingerprint density at radius 2 is 2.04 bits per heavy atom. The molecule has 27 heavy (non-hydrogen) atoms. The molecule has 1 aromatic carbocycles. The van der Waals surface area contributed by atoms with Crippen molar-refractivity contribution < 1.29 is 14.3 Å². The maximum atomic E-state index is 12.8. The summed E-state index contributed by atoms with van der Waals surface area (Å²) in [6.07, 6.45) is 2.00. The molecule has 0 saturated heterocycles. The van der Waals surface area contributed by atoms with Crippen LogP contribution in [0, 0.1) is 13.8 Å². The minimum atomic E-state index is -0.441. The standard InChI is InChI=1S/C19H21N3O3S2/c1-11-12(2)27-18(17(11)19(24)25-3)21-16(23)9-22-14-8-6-5-7-13(14)20-15(22)10-26-4/h5-8H,9-10H2,1-4H3,(H,21,23). The van der Waals surface area contributed by atoms with Crippen LogP contribution in [0.5, 0.6) is 0 Å². The van der Waals surface area contributed by atoms with Gasteiger partial charge in [-0.1, -0.05) is 12.1 Å². The summed E-state index contributed by atoms with van der Waals surface area (Å²) in [7, 11) is 1.34. The smallest absolute Gasteiger partial charge is 0.341 e. The van der Waals surface area contributed by atoms with Gasteiger partial charge in [-0.25, -0.2) is 9.78 Å². The number of aryl methyl sites for hydroxylation is 1. The van der Waals surface area contributed by atoms with Crippen molar-refractivity contribution >= 4 is 51.0 Å². The van der Waals surface area contributed by atoms with Crippen LogP contribution in [0.1, 0.15) is 26.6 Å². The molecule has 142 valence electrons. The summed E-state index contributed by atoms with van der Waals surface area (Å²) in [6, 6.07) is 7.76. The molecule has 8 heteroatoms. The maximum absolute atomic E-state index is 12.8. The van der Waals surface area contributed by atoms with E-state index in [1.165, 1.54) is 18.4 Å². The molecule has 3 rings (SSSR count). The molecule has 3 aromatic rings. The van der Waals surface area contributed by atoms with E-state index in [1.807, 2.05) is 48.9 Å². The van der Waals surface area contributed by atoms with Crippen molar-refractivity contribution in [2.75, 3.05) is 18.7 Å². The maximum Gasteiger partial charge on any atom is 0.341 e. The molecule has 2 heterocycles. The van der Waals surface area contributed by atoms with E-state index in [0.29, 0.717) is 16.3 Å². The Labute approximate surface area is 165 Å². The van der Waals surface area contributed by atoms with Gasteiger partial charge < -0.3 is 14.6 Å². The quantitative estimate of drug-likeness (QED) is 0.630. The van der Waals surface area contributed by atoms with Crippen molar-refractivity contribution in [3.05, 3.63) is 46.1 Å². The number of amides is 1. The summed E-state index contributed by atoms with van der Waals surface area (Å²) in [4.78, 5) is 30.5. The Hall–Kier alpha value is -2.32. The van der Waals surface area contributed by atoms with Gasteiger partial charge in [0.05, 0.1) is 29.5 Å². The van der Waals surface area contributed by atoms with E-state index in [0.717, 1.165) is 27.3 Å². The van der Waals surface area contributed by atoms with E-state index in [4.69, 9.17) is 4.74 Å². The fourth-order valence-corrected chi connectivity index (χ4v) is 4.46. The summed E-state index contributed by atoms with van der Waals surface area (Å²) < 4.78 is 6.79. The number of rotatable bonds is 6. The number of thiophene rings is 1. The zero-order valence-electron chi connectivity index (χ0n) is 15.7. The normalized spacial score (nSPS) is 11.0. The molecule has 1 amide bonds. The summed E-state index contributed by atoms with van der Waals surface area (Å²) in [5.74, 6) is 0.924. The lowest BCUT2D eigenvalue weighted by Gasteiger charge is -2.10. The van der Waals surface area contributed by atoms with E-state index in [1.54, 1.807) is 11.8 Å². The number of anilines is 1. The molecule has 1 N–H and O–H groups in total. The van der Waals surface area contributed by atoms with Gasteiger partial charge in [-0.15, -0.1) is 11.3 Å². The molecule has 0 aliphatic heterocycles. The zero-order valence-corrected chi connectivity index (χ0v) is 17.3. The Bertz CT molecular complexity index is 1010. The van der Waals surface area contributed by atoms with Gasteiger partial charge in [-0.2, -0.15) is 11.8 Å². The average molecular weight is 404 g/mol. The number of nitrogens with zero attached hydrogens (tertiary/aromatic N) is 2. The van der Waals surface area contributed by atoms with Crippen LogP contribution in [0.15, 0.2) is 24.3 Å². The Morgan fingerprint density at radius 1 is 1.30 bits per heavy atom. The predicted molar refractivity (Wildman–Crippen MR) is 111 cm³/mol. The largest absolute Gasteiger partial charge is 0.465 e. The third-order valence-electron chi connectivity index (χ3n) is 4.34.